The molecular weight excluding hydrogens is 330 g/mol. The molecule has 2 rings (SSSR count). The fourth-order valence-electron chi connectivity index (χ4n) is 2.54. The predicted molar refractivity (Wildman–Crippen MR) is 94.9 cm³/mol. The van der Waals surface area contributed by atoms with Crippen molar-refractivity contribution >= 4 is 30.1 Å². The quantitative estimate of drug-likeness (QED) is 0.759. The molecule has 1 N–H and O–H groups in total. The Bertz CT molecular complexity index is 634. The van der Waals surface area contributed by atoms with E-state index >= 15 is 0 Å². The van der Waals surface area contributed by atoms with Gasteiger partial charge in [0.25, 0.3) is 17.7 Å². The zero-order valence-corrected chi connectivity index (χ0v) is 15.1. The van der Waals surface area contributed by atoms with Crippen LogP contribution in [0.3, 0.4) is 0 Å². The van der Waals surface area contributed by atoms with Gasteiger partial charge in [-0.15, -0.1) is 12.4 Å². The molecule has 0 radical (unpaired) electrons. The number of benzene rings is 1. The van der Waals surface area contributed by atoms with E-state index in [1.807, 2.05) is 14.0 Å². The van der Waals surface area contributed by atoms with Gasteiger partial charge in [-0.1, -0.05) is 13.3 Å². The van der Waals surface area contributed by atoms with Crippen LogP contribution >= 0.6 is 12.4 Å². The lowest BCUT2D eigenvalue weighted by molar-refractivity contribution is 0.0652. The monoisotopic (exact) mass is 353 g/mol. The lowest BCUT2D eigenvalue weighted by atomic mass is 10.0. The number of rotatable bonds is 7. The average molecular weight is 354 g/mol. The second-order valence-corrected chi connectivity index (χ2v) is 5.71. The lowest BCUT2D eigenvalue weighted by Gasteiger charge is -2.17. The zero-order valence-electron chi connectivity index (χ0n) is 14.3. The van der Waals surface area contributed by atoms with Gasteiger partial charge in [0.1, 0.15) is 0 Å². The second-order valence-electron chi connectivity index (χ2n) is 5.71. The molecule has 0 atom stereocenters. The van der Waals surface area contributed by atoms with Gasteiger partial charge in [-0.2, -0.15) is 0 Å². The van der Waals surface area contributed by atoms with Crippen LogP contribution in [0.1, 0.15) is 50.8 Å². The first kappa shape index (κ1) is 20.1. The number of carbonyl (C=O) groups is 3. The SMILES string of the molecule is CCCCN1C(=O)c2ccc(C(=O)N(C)CCNC)cc2C1=O.Cl. The zero-order chi connectivity index (χ0) is 17.0. The Kier molecular flexibility index (Phi) is 7.38. The molecule has 1 aliphatic rings. The van der Waals surface area contributed by atoms with Gasteiger partial charge in [0.2, 0.25) is 0 Å². The number of likely N-dealkylation sites (N-methyl/N-ethyl adjacent to an activating group) is 2. The minimum absolute atomic E-state index is 0. The van der Waals surface area contributed by atoms with Crippen molar-refractivity contribution in [1.82, 2.24) is 15.1 Å². The largest absolute Gasteiger partial charge is 0.340 e. The fourth-order valence-corrected chi connectivity index (χ4v) is 2.54. The third-order valence-corrected chi connectivity index (χ3v) is 4.00. The standard InChI is InChI=1S/C17H23N3O3.ClH/c1-4-5-9-20-16(22)13-7-6-12(11-14(13)17(20)23)15(21)19(3)10-8-18-2;/h6-7,11,18H,4-5,8-10H2,1-3H3;1H. The van der Waals surface area contributed by atoms with Gasteiger partial charge in [-0.05, 0) is 31.7 Å². The molecule has 7 heteroatoms. The number of hydrogen-bond acceptors (Lipinski definition) is 4. The van der Waals surface area contributed by atoms with Crippen molar-refractivity contribution in [3.05, 3.63) is 34.9 Å². The molecule has 0 saturated carbocycles. The van der Waals surface area contributed by atoms with Crippen LogP contribution in [0.15, 0.2) is 18.2 Å². The van der Waals surface area contributed by atoms with Crippen molar-refractivity contribution in [3.8, 4) is 0 Å². The van der Waals surface area contributed by atoms with Crippen LogP contribution in [0, 0.1) is 0 Å². The topological polar surface area (TPSA) is 69.7 Å². The molecule has 1 heterocycles. The minimum Gasteiger partial charge on any atom is -0.340 e. The number of imide groups is 1. The maximum atomic E-state index is 12.4. The molecule has 0 fully saturated rings. The summed E-state index contributed by atoms with van der Waals surface area (Å²) >= 11 is 0. The first-order chi connectivity index (χ1) is 11.0. The number of nitrogens with zero attached hydrogens (tertiary/aromatic N) is 2. The summed E-state index contributed by atoms with van der Waals surface area (Å²) in [5, 5.41) is 2.99. The van der Waals surface area contributed by atoms with Crippen LogP contribution in [0.5, 0.6) is 0 Å². The number of amides is 3. The van der Waals surface area contributed by atoms with Crippen LogP contribution in [-0.2, 0) is 0 Å². The third kappa shape index (κ3) is 3.94. The molecule has 0 spiro atoms. The molecule has 3 amide bonds. The van der Waals surface area contributed by atoms with Crippen molar-refractivity contribution in [2.24, 2.45) is 0 Å². The van der Waals surface area contributed by atoms with E-state index in [0.717, 1.165) is 12.8 Å². The average Bonchev–Trinajstić information content (AvgIpc) is 2.80. The van der Waals surface area contributed by atoms with E-state index < -0.39 is 0 Å². The smallest absolute Gasteiger partial charge is 0.261 e. The summed E-state index contributed by atoms with van der Waals surface area (Å²) in [4.78, 5) is 39.9. The van der Waals surface area contributed by atoms with Crippen LogP contribution in [0.4, 0.5) is 0 Å². The predicted octanol–water partition coefficient (Wildman–Crippen LogP) is 1.80. The molecule has 0 unspecified atom stereocenters. The Labute approximate surface area is 148 Å². The Morgan fingerprint density at radius 2 is 1.88 bits per heavy atom. The molecule has 132 valence electrons. The van der Waals surface area contributed by atoms with Gasteiger partial charge >= 0.3 is 0 Å². The summed E-state index contributed by atoms with van der Waals surface area (Å²) < 4.78 is 0. The Morgan fingerprint density at radius 1 is 1.21 bits per heavy atom. The van der Waals surface area contributed by atoms with Crippen LogP contribution in [0.25, 0.3) is 0 Å². The van der Waals surface area contributed by atoms with E-state index in [9.17, 15) is 14.4 Å². The van der Waals surface area contributed by atoms with Crippen molar-refractivity contribution < 1.29 is 14.4 Å². The number of carbonyl (C=O) groups excluding carboxylic acids is 3. The number of hydrogen-bond donors (Lipinski definition) is 1. The molecule has 24 heavy (non-hydrogen) atoms. The summed E-state index contributed by atoms with van der Waals surface area (Å²) in [5.41, 5.74) is 1.15. The van der Waals surface area contributed by atoms with Crippen LogP contribution in [-0.4, -0.2) is 61.3 Å². The summed E-state index contributed by atoms with van der Waals surface area (Å²) in [5.74, 6) is -0.720. The molecule has 0 saturated heterocycles. The number of nitrogens with one attached hydrogen (secondary N) is 1. The van der Waals surface area contributed by atoms with Gasteiger partial charge in [0, 0.05) is 32.2 Å². The Balaban J connectivity index is 0.00000288. The Hall–Kier alpha value is -1.92. The van der Waals surface area contributed by atoms with E-state index in [2.05, 4.69) is 5.32 Å². The van der Waals surface area contributed by atoms with Gasteiger partial charge in [-0.3, -0.25) is 19.3 Å². The normalized spacial score (nSPS) is 12.9. The molecule has 1 aromatic carbocycles. The van der Waals surface area contributed by atoms with Gasteiger partial charge in [0.15, 0.2) is 0 Å². The van der Waals surface area contributed by atoms with Crippen molar-refractivity contribution in [2.45, 2.75) is 19.8 Å². The molecule has 1 aromatic rings. The highest BCUT2D eigenvalue weighted by atomic mass is 35.5. The summed E-state index contributed by atoms with van der Waals surface area (Å²) in [7, 11) is 3.54. The summed E-state index contributed by atoms with van der Waals surface area (Å²) in [6.45, 7) is 3.70. The first-order valence-electron chi connectivity index (χ1n) is 7.91. The van der Waals surface area contributed by atoms with E-state index in [1.165, 1.54) is 4.90 Å². The van der Waals surface area contributed by atoms with E-state index in [-0.39, 0.29) is 30.1 Å². The summed E-state index contributed by atoms with van der Waals surface area (Å²) in [6, 6.07) is 4.74. The maximum Gasteiger partial charge on any atom is 0.261 e. The van der Waals surface area contributed by atoms with E-state index in [1.54, 1.807) is 30.1 Å². The van der Waals surface area contributed by atoms with Crippen LogP contribution < -0.4 is 5.32 Å². The second kappa shape index (κ2) is 8.80. The highest BCUT2D eigenvalue weighted by Crippen LogP contribution is 2.24. The maximum absolute atomic E-state index is 12.4. The Morgan fingerprint density at radius 3 is 2.50 bits per heavy atom. The molecular formula is C17H24ClN3O3. The lowest BCUT2D eigenvalue weighted by Crippen LogP contribution is -2.32. The highest BCUT2D eigenvalue weighted by Gasteiger charge is 2.35. The number of unbranched alkanes of at least 4 members (excludes halogenated alkanes) is 1. The van der Waals surface area contributed by atoms with Crippen molar-refractivity contribution in [2.75, 3.05) is 33.7 Å². The molecule has 0 aromatic heterocycles. The third-order valence-electron chi connectivity index (χ3n) is 4.00. The van der Waals surface area contributed by atoms with Gasteiger partial charge < -0.3 is 10.2 Å². The number of fused-ring (bicyclic) bond motifs is 1. The minimum atomic E-state index is -0.300. The van der Waals surface area contributed by atoms with Gasteiger partial charge in [0.05, 0.1) is 11.1 Å². The molecule has 1 aliphatic heterocycles. The first-order valence-corrected chi connectivity index (χ1v) is 7.91. The highest BCUT2D eigenvalue weighted by molar-refractivity contribution is 6.22. The molecule has 0 bridgehead atoms. The van der Waals surface area contributed by atoms with E-state index in [0.29, 0.717) is 36.3 Å². The molecule has 0 aliphatic carbocycles. The van der Waals surface area contributed by atoms with E-state index in [4.69, 9.17) is 0 Å². The summed E-state index contributed by atoms with van der Waals surface area (Å²) in [6.07, 6.45) is 1.69. The van der Waals surface area contributed by atoms with Crippen molar-refractivity contribution in [3.63, 3.8) is 0 Å². The van der Waals surface area contributed by atoms with Crippen molar-refractivity contribution in [1.29, 1.82) is 0 Å². The molecule has 6 nitrogen and oxygen atoms in total. The fraction of sp³-hybridized carbons (Fsp3) is 0.471. The number of halogens is 1. The van der Waals surface area contributed by atoms with Gasteiger partial charge in [-0.25, -0.2) is 0 Å². The van der Waals surface area contributed by atoms with Crippen LogP contribution in [0.2, 0.25) is 0 Å².